The maximum atomic E-state index is 12.8. The number of aliphatic hydroxyl groups excluding tert-OH is 1. The molecular formula is C19H17F3N4O. The van der Waals surface area contributed by atoms with Gasteiger partial charge in [-0.3, -0.25) is 0 Å². The summed E-state index contributed by atoms with van der Waals surface area (Å²) in [5.74, 6) is 0.536. The lowest BCUT2D eigenvalue weighted by Crippen LogP contribution is -2.32. The van der Waals surface area contributed by atoms with E-state index in [1.165, 1.54) is 12.1 Å². The Hall–Kier alpha value is -2.71. The lowest BCUT2D eigenvalue weighted by atomic mass is 10.0. The highest BCUT2D eigenvalue weighted by molar-refractivity contribution is 6.00. The number of rotatable bonds is 3. The first kappa shape index (κ1) is 17.7. The minimum Gasteiger partial charge on any atom is -0.390 e. The number of hydrogen-bond acceptors (Lipinski definition) is 5. The van der Waals surface area contributed by atoms with Gasteiger partial charge in [0.15, 0.2) is 5.82 Å². The third kappa shape index (κ3) is 3.45. The highest BCUT2D eigenvalue weighted by atomic mass is 19.4. The second-order valence-electron chi connectivity index (χ2n) is 6.49. The molecule has 27 heavy (non-hydrogen) atoms. The van der Waals surface area contributed by atoms with Gasteiger partial charge in [0, 0.05) is 29.4 Å². The molecule has 140 valence electrons. The maximum Gasteiger partial charge on any atom is 0.416 e. The highest BCUT2D eigenvalue weighted by Crippen LogP contribution is 2.33. The molecule has 0 unspecified atom stereocenters. The Morgan fingerprint density at radius 3 is 2.30 bits per heavy atom. The zero-order valence-electron chi connectivity index (χ0n) is 14.2. The summed E-state index contributed by atoms with van der Waals surface area (Å²) >= 11 is 0. The van der Waals surface area contributed by atoms with Crippen LogP contribution in [-0.4, -0.2) is 40.5 Å². The van der Waals surface area contributed by atoms with Crippen molar-refractivity contribution in [3.05, 3.63) is 54.1 Å². The Labute approximate surface area is 153 Å². The predicted octanol–water partition coefficient (Wildman–Crippen LogP) is 3.06. The summed E-state index contributed by atoms with van der Waals surface area (Å²) in [5.41, 5.74) is 0.361. The molecule has 3 N–H and O–H groups in total. The van der Waals surface area contributed by atoms with Gasteiger partial charge in [-0.15, -0.1) is 10.2 Å². The first-order valence-corrected chi connectivity index (χ1v) is 8.52. The Bertz CT molecular complexity index is 959. The fourth-order valence-corrected chi connectivity index (χ4v) is 3.23. The number of alkyl halides is 3. The number of nitrogens with zero attached hydrogens (tertiary/aromatic N) is 2. The van der Waals surface area contributed by atoms with Crippen LogP contribution in [0.1, 0.15) is 5.56 Å². The standard InChI is InChI=1S/C19H17F3N4O/c20-19(21,22)12-7-5-11(6-8-12)17-13-3-1-2-4-14(13)18(26-25-17)24-15-9-23-10-16(15)27/h1-8,15-16,23,27H,9-10H2,(H,24,26)/t15-,16+/m1/s1. The van der Waals surface area contributed by atoms with Crippen LogP contribution in [0, 0.1) is 0 Å². The molecule has 0 radical (unpaired) electrons. The Morgan fingerprint density at radius 1 is 0.963 bits per heavy atom. The van der Waals surface area contributed by atoms with Gasteiger partial charge in [-0.1, -0.05) is 36.4 Å². The molecule has 2 heterocycles. The molecule has 0 aliphatic carbocycles. The molecule has 1 aromatic heterocycles. The fraction of sp³-hybridized carbons (Fsp3) is 0.263. The molecule has 1 aliphatic rings. The van der Waals surface area contributed by atoms with Crippen LogP contribution in [0.15, 0.2) is 48.5 Å². The van der Waals surface area contributed by atoms with Gasteiger partial charge in [0.2, 0.25) is 0 Å². The van der Waals surface area contributed by atoms with E-state index in [1.807, 2.05) is 24.3 Å². The van der Waals surface area contributed by atoms with Crippen LogP contribution in [0.2, 0.25) is 0 Å². The monoisotopic (exact) mass is 374 g/mol. The molecule has 8 heteroatoms. The molecule has 5 nitrogen and oxygen atoms in total. The SMILES string of the molecule is O[C@H]1CNC[C@H]1Nc1nnc(-c2ccc(C(F)(F)F)cc2)c2ccccc12. The van der Waals surface area contributed by atoms with Crippen LogP contribution in [0.3, 0.4) is 0 Å². The van der Waals surface area contributed by atoms with Gasteiger partial charge in [-0.05, 0) is 12.1 Å². The Balaban J connectivity index is 1.73. The Kier molecular flexibility index (Phi) is 4.45. The van der Waals surface area contributed by atoms with Crippen molar-refractivity contribution in [1.29, 1.82) is 0 Å². The van der Waals surface area contributed by atoms with E-state index >= 15 is 0 Å². The van der Waals surface area contributed by atoms with E-state index < -0.39 is 17.8 Å². The van der Waals surface area contributed by atoms with Crippen molar-refractivity contribution >= 4 is 16.6 Å². The van der Waals surface area contributed by atoms with Gasteiger partial charge < -0.3 is 15.7 Å². The normalized spacial score (nSPS) is 20.1. The summed E-state index contributed by atoms with van der Waals surface area (Å²) < 4.78 is 38.4. The van der Waals surface area contributed by atoms with E-state index in [-0.39, 0.29) is 6.04 Å². The molecule has 0 saturated carbocycles. The number of benzene rings is 2. The molecule has 2 aromatic carbocycles. The van der Waals surface area contributed by atoms with Crippen molar-refractivity contribution in [2.75, 3.05) is 18.4 Å². The van der Waals surface area contributed by atoms with E-state index in [0.29, 0.717) is 30.2 Å². The number of halogens is 3. The topological polar surface area (TPSA) is 70.1 Å². The van der Waals surface area contributed by atoms with Gasteiger partial charge in [-0.25, -0.2) is 0 Å². The lowest BCUT2D eigenvalue weighted by molar-refractivity contribution is -0.137. The number of aliphatic hydroxyl groups is 1. The van der Waals surface area contributed by atoms with E-state index in [0.717, 1.165) is 22.9 Å². The first-order valence-electron chi connectivity index (χ1n) is 8.52. The van der Waals surface area contributed by atoms with Crippen molar-refractivity contribution in [2.45, 2.75) is 18.3 Å². The van der Waals surface area contributed by atoms with Crippen LogP contribution in [0.5, 0.6) is 0 Å². The number of β-amino-alcohol motifs (C(OH)–C–C–N with tert-alkyl or cyclic N) is 1. The van der Waals surface area contributed by atoms with Gasteiger partial charge in [0.05, 0.1) is 17.7 Å². The summed E-state index contributed by atoms with van der Waals surface area (Å²) in [6.07, 6.45) is -4.91. The van der Waals surface area contributed by atoms with Gasteiger partial charge in [0.1, 0.15) is 5.69 Å². The summed E-state index contributed by atoms with van der Waals surface area (Å²) in [6.45, 7) is 1.12. The van der Waals surface area contributed by atoms with Crippen LogP contribution < -0.4 is 10.6 Å². The van der Waals surface area contributed by atoms with Crippen LogP contribution >= 0.6 is 0 Å². The molecule has 3 aromatic rings. The quantitative estimate of drug-likeness (QED) is 0.657. The van der Waals surface area contributed by atoms with E-state index in [9.17, 15) is 18.3 Å². The van der Waals surface area contributed by atoms with E-state index in [2.05, 4.69) is 20.8 Å². The molecule has 4 rings (SSSR count). The van der Waals surface area contributed by atoms with Crippen molar-refractivity contribution in [3.63, 3.8) is 0 Å². The summed E-state index contributed by atoms with van der Waals surface area (Å²) in [7, 11) is 0. The zero-order valence-corrected chi connectivity index (χ0v) is 14.2. The minimum absolute atomic E-state index is 0.181. The maximum absolute atomic E-state index is 12.8. The smallest absolute Gasteiger partial charge is 0.390 e. The number of fused-ring (bicyclic) bond motifs is 1. The summed E-state index contributed by atoms with van der Waals surface area (Å²) in [5, 5.41) is 26.3. The average Bonchev–Trinajstić information content (AvgIpc) is 3.06. The second-order valence-corrected chi connectivity index (χ2v) is 6.49. The highest BCUT2D eigenvalue weighted by Gasteiger charge is 2.30. The molecular weight excluding hydrogens is 357 g/mol. The first-order chi connectivity index (χ1) is 12.9. The number of nitrogens with one attached hydrogen (secondary N) is 2. The number of anilines is 1. The molecule has 1 saturated heterocycles. The lowest BCUT2D eigenvalue weighted by Gasteiger charge is -2.18. The average molecular weight is 374 g/mol. The molecule has 1 fully saturated rings. The zero-order chi connectivity index (χ0) is 19.0. The van der Waals surface area contributed by atoms with Gasteiger partial charge in [0.25, 0.3) is 0 Å². The molecule has 0 spiro atoms. The van der Waals surface area contributed by atoms with E-state index in [4.69, 9.17) is 0 Å². The molecule has 0 amide bonds. The molecule has 0 bridgehead atoms. The minimum atomic E-state index is -4.38. The number of hydrogen-bond donors (Lipinski definition) is 3. The second kappa shape index (κ2) is 6.79. The van der Waals surface area contributed by atoms with Gasteiger partial charge in [-0.2, -0.15) is 13.2 Å². The Morgan fingerprint density at radius 2 is 1.67 bits per heavy atom. The van der Waals surface area contributed by atoms with Crippen molar-refractivity contribution < 1.29 is 18.3 Å². The third-order valence-corrected chi connectivity index (χ3v) is 4.68. The summed E-state index contributed by atoms with van der Waals surface area (Å²) in [4.78, 5) is 0. The van der Waals surface area contributed by atoms with Crippen LogP contribution in [-0.2, 0) is 6.18 Å². The molecule has 1 aliphatic heterocycles. The summed E-state index contributed by atoms with van der Waals surface area (Å²) in [6, 6.07) is 12.1. The van der Waals surface area contributed by atoms with Crippen molar-refractivity contribution in [3.8, 4) is 11.3 Å². The third-order valence-electron chi connectivity index (χ3n) is 4.68. The fourth-order valence-electron chi connectivity index (χ4n) is 3.23. The number of aromatic nitrogens is 2. The molecule has 2 atom stereocenters. The van der Waals surface area contributed by atoms with Gasteiger partial charge >= 0.3 is 6.18 Å². The van der Waals surface area contributed by atoms with Crippen molar-refractivity contribution in [2.24, 2.45) is 0 Å². The van der Waals surface area contributed by atoms with Crippen LogP contribution in [0.4, 0.5) is 19.0 Å². The predicted molar refractivity (Wildman–Crippen MR) is 96.3 cm³/mol. The van der Waals surface area contributed by atoms with E-state index in [1.54, 1.807) is 0 Å². The largest absolute Gasteiger partial charge is 0.416 e. The van der Waals surface area contributed by atoms with Crippen LogP contribution in [0.25, 0.3) is 22.0 Å². The van der Waals surface area contributed by atoms with Crippen molar-refractivity contribution in [1.82, 2.24) is 15.5 Å².